The van der Waals surface area contributed by atoms with E-state index >= 15 is 0 Å². The molecule has 2 aromatic carbocycles. The molecule has 0 radical (unpaired) electrons. The summed E-state index contributed by atoms with van der Waals surface area (Å²) in [5, 5.41) is 8.99. The molecule has 10 heteroatoms. The molecule has 0 unspecified atom stereocenters. The van der Waals surface area contributed by atoms with Crippen molar-refractivity contribution < 1.29 is 0 Å². The molecule has 0 atom stereocenters. The minimum absolute atomic E-state index is 0. The number of guanidine groups is 2. The number of nitrogens with one attached hydrogen (secondary N) is 2. The van der Waals surface area contributed by atoms with Gasteiger partial charge < -0.3 is 11.5 Å². The molecular formula is C25H36Cl2N8. The van der Waals surface area contributed by atoms with Crippen molar-refractivity contribution in [2.24, 2.45) is 31.7 Å². The summed E-state index contributed by atoms with van der Waals surface area (Å²) in [6.45, 7) is 4.28. The lowest BCUT2D eigenvalue weighted by molar-refractivity contribution is 0.940. The summed E-state index contributed by atoms with van der Waals surface area (Å²) < 4.78 is 0. The van der Waals surface area contributed by atoms with Crippen LogP contribution in [0.25, 0.3) is 11.1 Å². The molecule has 0 bridgehead atoms. The minimum Gasteiger partial charge on any atom is -0.369 e. The van der Waals surface area contributed by atoms with Crippen LogP contribution in [-0.4, -0.2) is 37.4 Å². The third kappa shape index (κ3) is 7.44. The van der Waals surface area contributed by atoms with Gasteiger partial charge in [0.15, 0.2) is 0 Å². The topological polar surface area (TPSA) is 126 Å². The van der Waals surface area contributed by atoms with Gasteiger partial charge in [-0.1, -0.05) is 51.0 Å². The highest BCUT2D eigenvalue weighted by molar-refractivity contribution is 6.03. The second-order valence-corrected chi connectivity index (χ2v) is 7.98. The Balaban J connectivity index is 0.00000306. The number of aliphatic imine (C=N–C) groups is 2. The Morgan fingerprint density at radius 3 is 1.49 bits per heavy atom. The molecule has 0 heterocycles. The standard InChI is InChI=1S/C25H34N8.2ClH/c1-5-7-22(30-32-24(26)28-3)16-9-11-20-18(13-16)15-19-14-17(10-12-21(19)20)23(8-6-2)31-33-25(27)29-4;;/h9-14H,5-8,15H2,1-4H3,(H3,26,28,32)(H3,27,29,33);2*1H. The van der Waals surface area contributed by atoms with Gasteiger partial charge in [0, 0.05) is 14.1 Å². The predicted molar refractivity (Wildman–Crippen MR) is 153 cm³/mol. The molecule has 2 aromatic rings. The van der Waals surface area contributed by atoms with Crippen molar-refractivity contribution in [3.63, 3.8) is 0 Å². The Morgan fingerprint density at radius 2 is 1.14 bits per heavy atom. The van der Waals surface area contributed by atoms with Crippen molar-refractivity contribution in [1.29, 1.82) is 0 Å². The van der Waals surface area contributed by atoms with Crippen molar-refractivity contribution in [2.45, 2.75) is 46.0 Å². The maximum absolute atomic E-state index is 5.75. The number of hydrazone groups is 2. The number of halogens is 2. The van der Waals surface area contributed by atoms with E-state index in [-0.39, 0.29) is 24.8 Å². The number of nitrogens with zero attached hydrogens (tertiary/aromatic N) is 4. The van der Waals surface area contributed by atoms with Gasteiger partial charge in [-0.25, -0.2) is 10.9 Å². The van der Waals surface area contributed by atoms with E-state index in [1.54, 1.807) is 14.1 Å². The normalized spacial score (nSPS) is 13.4. The molecule has 0 saturated heterocycles. The van der Waals surface area contributed by atoms with Crippen LogP contribution in [0.2, 0.25) is 0 Å². The van der Waals surface area contributed by atoms with Gasteiger partial charge in [-0.2, -0.15) is 10.2 Å². The smallest absolute Gasteiger partial charge is 0.209 e. The Kier molecular flexibility index (Phi) is 12.3. The van der Waals surface area contributed by atoms with E-state index in [0.29, 0.717) is 11.9 Å². The van der Waals surface area contributed by atoms with E-state index in [2.05, 4.69) is 81.3 Å². The second-order valence-electron chi connectivity index (χ2n) is 7.98. The molecule has 0 aliphatic heterocycles. The first-order valence-electron chi connectivity index (χ1n) is 11.4. The average Bonchev–Trinajstić information content (AvgIpc) is 3.20. The van der Waals surface area contributed by atoms with E-state index in [0.717, 1.165) is 54.7 Å². The number of benzene rings is 2. The fourth-order valence-electron chi connectivity index (χ4n) is 3.92. The van der Waals surface area contributed by atoms with Crippen LogP contribution in [0, 0.1) is 0 Å². The van der Waals surface area contributed by atoms with Crippen LogP contribution in [0.1, 0.15) is 61.8 Å². The summed E-state index contributed by atoms with van der Waals surface area (Å²) in [4.78, 5) is 7.82. The third-order valence-corrected chi connectivity index (χ3v) is 5.61. The highest BCUT2D eigenvalue weighted by Gasteiger charge is 2.21. The zero-order valence-corrected chi connectivity index (χ0v) is 22.4. The van der Waals surface area contributed by atoms with Gasteiger partial charge in [0.2, 0.25) is 11.9 Å². The zero-order valence-electron chi connectivity index (χ0n) is 20.8. The Morgan fingerprint density at radius 1 is 0.743 bits per heavy atom. The summed E-state index contributed by atoms with van der Waals surface area (Å²) in [6, 6.07) is 13.1. The lowest BCUT2D eigenvalue weighted by Gasteiger charge is -2.10. The number of hydrogen-bond acceptors (Lipinski definition) is 4. The van der Waals surface area contributed by atoms with Crippen molar-refractivity contribution in [1.82, 2.24) is 10.9 Å². The first-order valence-corrected chi connectivity index (χ1v) is 11.4. The molecule has 1 aliphatic carbocycles. The monoisotopic (exact) mass is 518 g/mol. The zero-order chi connectivity index (χ0) is 23.8. The number of rotatable bonds is 8. The fraction of sp³-hybridized carbons (Fsp3) is 0.360. The van der Waals surface area contributed by atoms with Crippen LogP contribution < -0.4 is 22.3 Å². The predicted octanol–water partition coefficient (Wildman–Crippen LogP) is 4.18. The molecule has 1 aliphatic rings. The van der Waals surface area contributed by atoms with Crippen LogP contribution in [-0.2, 0) is 6.42 Å². The van der Waals surface area contributed by atoms with E-state index < -0.39 is 0 Å². The van der Waals surface area contributed by atoms with Crippen molar-refractivity contribution in [3.05, 3.63) is 58.7 Å². The van der Waals surface area contributed by atoms with Crippen LogP contribution in [0.4, 0.5) is 0 Å². The quantitative estimate of drug-likeness (QED) is 0.202. The van der Waals surface area contributed by atoms with Gasteiger partial charge in [0.05, 0.1) is 11.4 Å². The van der Waals surface area contributed by atoms with Gasteiger partial charge in [-0.05, 0) is 64.8 Å². The van der Waals surface area contributed by atoms with Crippen LogP contribution in [0.15, 0.2) is 56.6 Å². The van der Waals surface area contributed by atoms with E-state index in [1.165, 1.54) is 22.3 Å². The van der Waals surface area contributed by atoms with E-state index in [1.807, 2.05) is 0 Å². The molecule has 3 rings (SSSR count). The fourth-order valence-corrected chi connectivity index (χ4v) is 3.92. The molecule has 190 valence electrons. The van der Waals surface area contributed by atoms with Gasteiger partial charge in [-0.3, -0.25) is 9.98 Å². The molecule has 8 nitrogen and oxygen atoms in total. The summed E-state index contributed by atoms with van der Waals surface area (Å²) in [5.74, 6) is 0.603. The van der Waals surface area contributed by atoms with Gasteiger partial charge >= 0.3 is 0 Å². The van der Waals surface area contributed by atoms with Crippen LogP contribution >= 0.6 is 24.8 Å². The summed E-state index contributed by atoms with van der Waals surface area (Å²) in [5.41, 5.74) is 26.5. The van der Waals surface area contributed by atoms with Crippen molar-refractivity contribution >= 4 is 48.2 Å². The highest BCUT2D eigenvalue weighted by atomic mass is 35.5. The number of hydrogen-bond donors (Lipinski definition) is 4. The largest absolute Gasteiger partial charge is 0.369 e. The molecule has 0 saturated carbocycles. The minimum atomic E-state index is 0. The first kappa shape index (κ1) is 29.9. The summed E-state index contributed by atoms with van der Waals surface area (Å²) >= 11 is 0. The molecule has 0 fully saturated rings. The number of nitrogens with two attached hydrogens (primary N) is 2. The van der Waals surface area contributed by atoms with Crippen molar-refractivity contribution in [2.75, 3.05) is 14.1 Å². The SMILES string of the molecule is CCCC(=NNC(N)=NC)c1ccc2c(c1)Cc1cc(C(CCC)=NNC(N)=NC)ccc1-2.Cl.Cl. The van der Waals surface area contributed by atoms with Gasteiger partial charge in [-0.15, -0.1) is 24.8 Å². The molecule has 35 heavy (non-hydrogen) atoms. The molecule has 0 aromatic heterocycles. The van der Waals surface area contributed by atoms with Crippen LogP contribution in [0.5, 0.6) is 0 Å². The number of fused-ring (bicyclic) bond motifs is 3. The average molecular weight is 520 g/mol. The molecule has 6 N–H and O–H groups in total. The Hall–Kier alpha value is -3.10. The molecular weight excluding hydrogens is 483 g/mol. The first-order chi connectivity index (χ1) is 16.0. The molecule has 0 amide bonds. The lowest BCUT2D eigenvalue weighted by Crippen LogP contribution is -2.28. The third-order valence-electron chi connectivity index (χ3n) is 5.61. The molecule has 0 spiro atoms. The highest BCUT2D eigenvalue weighted by Crippen LogP contribution is 2.38. The van der Waals surface area contributed by atoms with Gasteiger partial charge in [0.1, 0.15) is 0 Å². The Labute approximate surface area is 220 Å². The maximum atomic E-state index is 5.75. The van der Waals surface area contributed by atoms with E-state index in [9.17, 15) is 0 Å². The summed E-state index contributed by atoms with van der Waals surface area (Å²) in [7, 11) is 3.27. The van der Waals surface area contributed by atoms with Gasteiger partial charge in [0.25, 0.3) is 0 Å². The maximum Gasteiger partial charge on any atom is 0.209 e. The Bertz CT molecular complexity index is 1030. The second kappa shape index (κ2) is 14.3. The lowest BCUT2D eigenvalue weighted by atomic mass is 9.98. The van der Waals surface area contributed by atoms with Crippen molar-refractivity contribution in [3.8, 4) is 11.1 Å². The van der Waals surface area contributed by atoms with E-state index in [4.69, 9.17) is 11.5 Å². The summed E-state index contributed by atoms with van der Waals surface area (Å²) in [6.07, 6.45) is 4.57. The van der Waals surface area contributed by atoms with Crippen LogP contribution in [0.3, 0.4) is 0 Å².